The Hall–Kier alpha value is -1.88. The maximum Gasteiger partial charge on any atom is 0.338 e. The van der Waals surface area contributed by atoms with E-state index in [0.717, 1.165) is 51.4 Å². The van der Waals surface area contributed by atoms with Crippen molar-refractivity contribution in [2.75, 3.05) is 19.8 Å². The van der Waals surface area contributed by atoms with Crippen LogP contribution in [-0.2, 0) is 42.7 Å². The molecule has 3 aliphatic heterocycles. The molecule has 9 N–H and O–H groups in total. The van der Waals surface area contributed by atoms with Crippen LogP contribution in [0, 0.1) is 56.7 Å². The summed E-state index contributed by atoms with van der Waals surface area (Å²) < 4.78 is 41.1. The van der Waals surface area contributed by atoms with Crippen molar-refractivity contribution < 1.29 is 88.7 Å². The van der Waals surface area contributed by atoms with Gasteiger partial charge in [-0.1, -0.05) is 73.5 Å². The Labute approximate surface area is 406 Å². The predicted molar refractivity (Wildman–Crippen MR) is 243 cm³/mol. The maximum atomic E-state index is 14.2. The topological polar surface area (TPSA) is 281 Å². The zero-order valence-electron chi connectivity index (χ0n) is 41.7. The van der Waals surface area contributed by atoms with Crippen LogP contribution in [0.2, 0.25) is 0 Å². The van der Waals surface area contributed by atoms with Gasteiger partial charge in [0.05, 0.1) is 31.8 Å². The van der Waals surface area contributed by atoms with E-state index < -0.39 is 122 Å². The minimum atomic E-state index is -1.76. The summed E-state index contributed by atoms with van der Waals surface area (Å²) in [6, 6.07) is 0. The number of allylic oxidation sites excluding steroid dienone is 2. The van der Waals surface area contributed by atoms with Crippen LogP contribution >= 0.6 is 0 Å². The van der Waals surface area contributed by atoms with Crippen molar-refractivity contribution in [3.63, 3.8) is 0 Å². The summed E-state index contributed by atoms with van der Waals surface area (Å²) in [5.41, 5.74) is 0.360. The molecule has 0 aromatic rings. The molecule has 23 unspecified atom stereocenters. The highest BCUT2D eigenvalue weighted by Gasteiger charge is 2.68. The van der Waals surface area contributed by atoms with Gasteiger partial charge in [0.25, 0.3) is 0 Å². The van der Waals surface area contributed by atoms with E-state index in [1.54, 1.807) is 0 Å². The van der Waals surface area contributed by atoms with E-state index in [-0.39, 0.29) is 52.6 Å². The smallest absolute Gasteiger partial charge is 0.338 e. The summed E-state index contributed by atoms with van der Waals surface area (Å²) in [6.45, 7) is 17.1. The van der Waals surface area contributed by atoms with E-state index in [2.05, 4.69) is 54.5 Å². The Morgan fingerprint density at radius 1 is 0.725 bits per heavy atom. The number of fused-ring (bicyclic) bond motifs is 7. The largest absolute Gasteiger partial charge is 0.464 e. The fraction of sp³-hybridized carbons (Fsp3) is 0.922. The number of ether oxygens (including phenoxy) is 7. The molecule has 0 aromatic heterocycles. The standard InChI is InChI=1S/C51H82O18/c1-9-10-19-63-43(62)41-38(59)40(67-44-36(57)33(54)28(53)23-64-44)39(60)46(68-41)66-32-15-16-49(6)30(48(32,4)5)14-18-51(8)31(49)12-11-27-25-20-47(2,3)21-26(24(25)13-17-50(27,51)7)42(61)69-45-37(58)35(56)34(55)29(22-52)65-45/h11,24-26,28-41,44-46,52-60H,9-10,12-23H2,1-8H3. The molecule has 3 heterocycles. The molecular formula is C51H82O18. The van der Waals surface area contributed by atoms with E-state index in [1.165, 1.54) is 5.57 Å². The minimum Gasteiger partial charge on any atom is -0.464 e. The van der Waals surface area contributed by atoms with Gasteiger partial charge in [0, 0.05) is 0 Å². The number of rotatable bonds is 11. The highest BCUT2D eigenvalue weighted by Crippen LogP contribution is 2.75. The fourth-order valence-corrected chi connectivity index (χ4v) is 15.3. The predicted octanol–water partition coefficient (Wildman–Crippen LogP) is 1.99. The van der Waals surface area contributed by atoms with Crippen LogP contribution in [0.4, 0.5) is 0 Å². The SMILES string of the molecule is CCCCOC(=O)C1OC(OC2CCC3(C)C(CCC4(C)C3CC=C3C5CC(C)(C)CC(C(=O)OC6OC(CO)C(O)C(O)C6O)C5CCC34C)C2(C)C)C(O)C(OC2OCC(O)C(O)C2O)C1O. The third-order valence-corrected chi connectivity index (χ3v) is 19.4. The van der Waals surface area contributed by atoms with Gasteiger partial charge in [0.15, 0.2) is 18.7 Å². The first-order valence-corrected chi connectivity index (χ1v) is 25.7. The summed E-state index contributed by atoms with van der Waals surface area (Å²) >= 11 is 0. The molecule has 0 bridgehead atoms. The van der Waals surface area contributed by atoms with Crippen LogP contribution in [0.5, 0.6) is 0 Å². The number of carbonyl (C=O) groups excluding carboxylic acids is 2. The zero-order chi connectivity index (χ0) is 50.3. The second-order valence-electron chi connectivity index (χ2n) is 24.2. The molecule has 0 amide bonds. The number of hydrogen-bond donors (Lipinski definition) is 9. The van der Waals surface area contributed by atoms with Crippen molar-refractivity contribution >= 4 is 11.9 Å². The first kappa shape index (κ1) is 53.4. The number of carbonyl (C=O) groups is 2. The molecule has 23 atom stereocenters. The van der Waals surface area contributed by atoms with E-state index >= 15 is 0 Å². The van der Waals surface area contributed by atoms with Gasteiger partial charge in [-0.15, -0.1) is 0 Å². The minimum absolute atomic E-state index is 0.00524. The highest BCUT2D eigenvalue weighted by molar-refractivity contribution is 5.76. The third-order valence-electron chi connectivity index (χ3n) is 19.4. The van der Waals surface area contributed by atoms with Gasteiger partial charge >= 0.3 is 11.9 Å². The zero-order valence-corrected chi connectivity index (χ0v) is 41.7. The van der Waals surface area contributed by atoms with Gasteiger partial charge in [-0.05, 0) is 115 Å². The summed E-state index contributed by atoms with van der Waals surface area (Å²) in [5, 5.41) is 95.6. The van der Waals surface area contributed by atoms with E-state index in [1.807, 2.05) is 6.92 Å². The van der Waals surface area contributed by atoms with Crippen molar-refractivity contribution in [2.24, 2.45) is 56.7 Å². The normalized spacial score (nSPS) is 50.3. The van der Waals surface area contributed by atoms with Crippen molar-refractivity contribution in [1.82, 2.24) is 0 Å². The molecule has 0 aromatic carbocycles. The highest BCUT2D eigenvalue weighted by atomic mass is 16.7. The van der Waals surface area contributed by atoms with Crippen LogP contribution in [0.3, 0.4) is 0 Å². The van der Waals surface area contributed by atoms with Gasteiger partial charge in [-0.25, -0.2) is 4.79 Å². The average Bonchev–Trinajstić information content (AvgIpc) is 3.29. The Kier molecular flexibility index (Phi) is 15.3. The lowest BCUT2D eigenvalue weighted by molar-refractivity contribution is -0.357. The quantitative estimate of drug-likeness (QED) is 0.0620. The van der Waals surface area contributed by atoms with E-state index in [0.29, 0.717) is 25.2 Å². The summed E-state index contributed by atoms with van der Waals surface area (Å²) in [7, 11) is 0. The Morgan fingerprint density at radius 2 is 1.43 bits per heavy atom. The molecule has 7 fully saturated rings. The van der Waals surface area contributed by atoms with Crippen molar-refractivity contribution in [3.8, 4) is 0 Å². The molecule has 5 aliphatic carbocycles. The molecule has 0 spiro atoms. The van der Waals surface area contributed by atoms with Crippen LogP contribution in [0.15, 0.2) is 11.6 Å². The molecule has 4 saturated carbocycles. The molecule has 3 saturated heterocycles. The molecule has 18 nitrogen and oxygen atoms in total. The Bertz CT molecular complexity index is 1880. The number of aliphatic hydroxyl groups is 9. The van der Waals surface area contributed by atoms with Gasteiger partial charge in [0.1, 0.15) is 61.0 Å². The van der Waals surface area contributed by atoms with Crippen LogP contribution in [-0.4, -0.2) is 170 Å². The molecule has 0 radical (unpaired) electrons. The number of hydrogen-bond acceptors (Lipinski definition) is 18. The maximum absolute atomic E-state index is 14.2. The number of unbranched alkanes of at least 4 members (excludes halogenated alkanes) is 1. The molecule has 18 heteroatoms. The average molecular weight is 983 g/mol. The van der Waals surface area contributed by atoms with E-state index in [9.17, 15) is 55.5 Å². The number of aliphatic hydroxyl groups excluding tert-OH is 9. The second-order valence-corrected chi connectivity index (χ2v) is 24.2. The van der Waals surface area contributed by atoms with Crippen molar-refractivity contribution in [2.45, 2.75) is 218 Å². The lowest BCUT2D eigenvalue weighted by Crippen LogP contribution is -2.66. The third kappa shape index (κ3) is 9.18. The molecule has 8 aliphatic rings. The Morgan fingerprint density at radius 3 is 2.13 bits per heavy atom. The van der Waals surface area contributed by atoms with Gasteiger partial charge in [-0.3, -0.25) is 4.79 Å². The van der Waals surface area contributed by atoms with Gasteiger partial charge in [0.2, 0.25) is 6.29 Å². The summed E-state index contributed by atoms with van der Waals surface area (Å²) in [4.78, 5) is 27.6. The fourth-order valence-electron chi connectivity index (χ4n) is 15.3. The van der Waals surface area contributed by atoms with Crippen LogP contribution in [0.1, 0.15) is 126 Å². The molecule has 394 valence electrons. The molecular weight excluding hydrogens is 901 g/mol. The Balaban J connectivity index is 1.01. The van der Waals surface area contributed by atoms with Crippen LogP contribution in [0.25, 0.3) is 0 Å². The first-order valence-electron chi connectivity index (χ1n) is 25.7. The van der Waals surface area contributed by atoms with Crippen molar-refractivity contribution in [1.29, 1.82) is 0 Å². The lowest BCUT2D eigenvalue weighted by Gasteiger charge is -2.71. The lowest BCUT2D eigenvalue weighted by atomic mass is 9.34. The summed E-state index contributed by atoms with van der Waals surface area (Å²) in [5.74, 6) is -1.26. The van der Waals surface area contributed by atoms with Crippen LogP contribution < -0.4 is 0 Å². The van der Waals surface area contributed by atoms with Gasteiger partial charge < -0.3 is 79.1 Å². The number of esters is 2. The second kappa shape index (κ2) is 19.8. The molecule has 69 heavy (non-hydrogen) atoms. The monoisotopic (exact) mass is 983 g/mol. The summed E-state index contributed by atoms with van der Waals surface area (Å²) in [6.07, 6.45) is -11.2. The van der Waals surface area contributed by atoms with E-state index in [4.69, 9.17) is 33.2 Å². The first-order chi connectivity index (χ1) is 32.3. The molecule has 8 rings (SSSR count). The van der Waals surface area contributed by atoms with Gasteiger partial charge in [-0.2, -0.15) is 0 Å². The van der Waals surface area contributed by atoms with Crippen molar-refractivity contribution in [3.05, 3.63) is 11.6 Å².